The molecule has 1 nitrogen and oxygen atoms in total. The van der Waals surface area contributed by atoms with E-state index in [1.165, 1.54) is 16.7 Å². The lowest BCUT2D eigenvalue weighted by Gasteiger charge is -2.40. The summed E-state index contributed by atoms with van der Waals surface area (Å²) in [4.78, 5) is 0. The first kappa shape index (κ1) is 15.4. The normalized spacial score (nSPS) is 11.6. The van der Waals surface area contributed by atoms with Gasteiger partial charge in [0.1, 0.15) is 0 Å². The quantitative estimate of drug-likeness (QED) is 0.516. The summed E-state index contributed by atoms with van der Waals surface area (Å²) < 4.78 is 0. The maximum Gasteiger partial charge on any atom is 0.0494 e. The van der Waals surface area contributed by atoms with Crippen LogP contribution in [0.5, 0.6) is 0 Å². The first-order valence-corrected chi connectivity index (χ1v) is 8.13. The number of anilines is 1. The van der Waals surface area contributed by atoms with Gasteiger partial charge in [-0.25, -0.2) is 0 Å². The van der Waals surface area contributed by atoms with Gasteiger partial charge in [-0.15, -0.1) is 0 Å². The predicted molar refractivity (Wildman–Crippen MR) is 98.5 cm³/mol. The molecule has 0 aliphatic heterocycles. The number of rotatable bonds is 4. The lowest BCUT2D eigenvalue weighted by Crippen LogP contribution is -2.36. The van der Waals surface area contributed by atoms with E-state index >= 15 is 0 Å². The second-order valence-corrected chi connectivity index (χ2v) is 6.28. The van der Waals surface area contributed by atoms with Crippen molar-refractivity contribution in [2.45, 2.75) is 19.3 Å². The van der Waals surface area contributed by atoms with Gasteiger partial charge in [0.05, 0.1) is 0 Å². The van der Waals surface area contributed by atoms with Crippen LogP contribution in [-0.2, 0) is 5.41 Å². The molecular formula is C22H23N. The average Bonchev–Trinajstić information content (AvgIpc) is 2.59. The summed E-state index contributed by atoms with van der Waals surface area (Å²) in [5.41, 5.74) is 10.7. The van der Waals surface area contributed by atoms with E-state index in [0.29, 0.717) is 5.92 Å². The van der Waals surface area contributed by atoms with Crippen LogP contribution in [0.3, 0.4) is 0 Å². The Kier molecular flexibility index (Phi) is 4.20. The largest absolute Gasteiger partial charge is 0.398 e. The van der Waals surface area contributed by atoms with Crippen LogP contribution in [0.4, 0.5) is 5.69 Å². The minimum absolute atomic E-state index is 0.256. The van der Waals surface area contributed by atoms with Gasteiger partial charge in [-0.05, 0) is 28.7 Å². The van der Waals surface area contributed by atoms with Crippen LogP contribution in [0, 0.1) is 5.92 Å². The van der Waals surface area contributed by atoms with E-state index in [1.54, 1.807) is 0 Å². The standard InChI is InChI=1S/C22H23N/c1-17(2)22(18-11-5-3-6-12-18,19-13-7-4-8-14-19)20-15-9-10-16-21(20)23/h3-17H,23H2,1-2H3. The van der Waals surface area contributed by atoms with Crippen molar-refractivity contribution in [3.05, 3.63) is 102 Å². The number of nitrogens with two attached hydrogens (primary N) is 1. The highest BCUT2D eigenvalue weighted by Crippen LogP contribution is 2.46. The van der Waals surface area contributed by atoms with Gasteiger partial charge in [-0.3, -0.25) is 0 Å². The summed E-state index contributed by atoms with van der Waals surface area (Å²) in [6.45, 7) is 4.54. The van der Waals surface area contributed by atoms with E-state index in [4.69, 9.17) is 5.73 Å². The van der Waals surface area contributed by atoms with Crippen LogP contribution in [-0.4, -0.2) is 0 Å². The Morgan fingerprint density at radius 1 is 0.652 bits per heavy atom. The Hall–Kier alpha value is -2.54. The van der Waals surface area contributed by atoms with E-state index in [-0.39, 0.29) is 5.41 Å². The molecule has 0 aromatic heterocycles. The van der Waals surface area contributed by atoms with E-state index < -0.39 is 0 Å². The molecule has 3 aromatic rings. The number of benzene rings is 3. The molecule has 0 amide bonds. The molecule has 0 fully saturated rings. The minimum Gasteiger partial charge on any atom is -0.398 e. The molecule has 23 heavy (non-hydrogen) atoms. The smallest absolute Gasteiger partial charge is 0.0494 e. The maximum absolute atomic E-state index is 6.42. The fraction of sp³-hybridized carbons (Fsp3) is 0.182. The topological polar surface area (TPSA) is 26.0 Å². The fourth-order valence-electron chi connectivity index (χ4n) is 3.71. The molecule has 0 atom stereocenters. The molecule has 116 valence electrons. The van der Waals surface area contributed by atoms with E-state index in [1.807, 2.05) is 12.1 Å². The van der Waals surface area contributed by atoms with Crippen molar-refractivity contribution < 1.29 is 0 Å². The van der Waals surface area contributed by atoms with Crippen LogP contribution in [0.2, 0.25) is 0 Å². The second-order valence-electron chi connectivity index (χ2n) is 6.28. The second kappa shape index (κ2) is 6.29. The molecule has 1 heteroatoms. The monoisotopic (exact) mass is 301 g/mol. The van der Waals surface area contributed by atoms with Gasteiger partial charge >= 0.3 is 0 Å². The molecule has 0 spiro atoms. The Labute approximate surface area is 138 Å². The highest BCUT2D eigenvalue weighted by molar-refractivity contribution is 5.61. The van der Waals surface area contributed by atoms with Crippen molar-refractivity contribution in [3.63, 3.8) is 0 Å². The maximum atomic E-state index is 6.42. The van der Waals surface area contributed by atoms with E-state index in [2.05, 4.69) is 86.6 Å². The molecule has 3 rings (SSSR count). The molecule has 0 aliphatic carbocycles. The highest BCUT2D eigenvalue weighted by Gasteiger charge is 2.40. The summed E-state index contributed by atoms with van der Waals surface area (Å²) in [6.07, 6.45) is 0. The molecule has 0 saturated heterocycles. The summed E-state index contributed by atoms with van der Waals surface area (Å²) in [6, 6.07) is 29.6. The molecule has 2 N–H and O–H groups in total. The number of hydrogen-bond acceptors (Lipinski definition) is 1. The Morgan fingerprint density at radius 3 is 1.52 bits per heavy atom. The van der Waals surface area contributed by atoms with Gasteiger partial charge in [0.25, 0.3) is 0 Å². The number of nitrogen functional groups attached to an aromatic ring is 1. The molecule has 3 aromatic carbocycles. The molecule has 0 unspecified atom stereocenters. The minimum atomic E-state index is -0.256. The molecule has 0 bridgehead atoms. The summed E-state index contributed by atoms with van der Waals surface area (Å²) in [5.74, 6) is 0.358. The Morgan fingerprint density at radius 2 is 1.09 bits per heavy atom. The van der Waals surface area contributed by atoms with Crippen LogP contribution in [0.15, 0.2) is 84.9 Å². The zero-order chi connectivity index (χ0) is 16.3. The van der Waals surface area contributed by atoms with Crippen molar-refractivity contribution in [2.24, 2.45) is 5.92 Å². The summed E-state index contributed by atoms with van der Waals surface area (Å²) >= 11 is 0. The molecule has 0 heterocycles. The predicted octanol–water partition coefficient (Wildman–Crippen LogP) is 5.26. The van der Waals surface area contributed by atoms with Crippen molar-refractivity contribution in [3.8, 4) is 0 Å². The first-order chi connectivity index (χ1) is 11.2. The number of hydrogen-bond donors (Lipinski definition) is 1. The first-order valence-electron chi connectivity index (χ1n) is 8.13. The molecular weight excluding hydrogens is 278 g/mol. The van der Waals surface area contributed by atoms with Crippen molar-refractivity contribution in [1.82, 2.24) is 0 Å². The molecule has 0 radical (unpaired) electrons. The molecule has 0 saturated carbocycles. The Balaban J connectivity index is 2.39. The lowest BCUT2D eigenvalue weighted by atomic mass is 9.62. The van der Waals surface area contributed by atoms with E-state index in [9.17, 15) is 0 Å². The van der Waals surface area contributed by atoms with Gasteiger partial charge in [-0.1, -0.05) is 92.7 Å². The van der Waals surface area contributed by atoms with Gasteiger partial charge in [-0.2, -0.15) is 0 Å². The fourth-order valence-corrected chi connectivity index (χ4v) is 3.71. The van der Waals surface area contributed by atoms with Gasteiger partial charge < -0.3 is 5.73 Å². The van der Waals surface area contributed by atoms with Gasteiger partial charge in [0.15, 0.2) is 0 Å². The Bertz CT molecular complexity index is 721. The van der Waals surface area contributed by atoms with Crippen LogP contribution >= 0.6 is 0 Å². The summed E-state index contributed by atoms with van der Waals surface area (Å²) in [5, 5.41) is 0. The lowest BCUT2D eigenvalue weighted by molar-refractivity contribution is 0.439. The SMILES string of the molecule is CC(C)C(c1ccccc1)(c1ccccc1)c1ccccc1N. The highest BCUT2D eigenvalue weighted by atomic mass is 14.6. The average molecular weight is 301 g/mol. The third kappa shape index (κ3) is 2.53. The third-order valence-corrected chi connectivity index (χ3v) is 4.71. The van der Waals surface area contributed by atoms with Crippen molar-refractivity contribution in [2.75, 3.05) is 5.73 Å². The van der Waals surface area contributed by atoms with Crippen molar-refractivity contribution >= 4 is 5.69 Å². The van der Waals surface area contributed by atoms with Gasteiger partial charge in [0.2, 0.25) is 0 Å². The van der Waals surface area contributed by atoms with E-state index in [0.717, 1.165) is 5.69 Å². The van der Waals surface area contributed by atoms with Crippen LogP contribution in [0.25, 0.3) is 0 Å². The number of para-hydroxylation sites is 1. The zero-order valence-corrected chi connectivity index (χ0v) is 13.7. The van der Waals surface area contributed by atoms with Gasteiger partial charge in [0, 0.05) is 11.1 Å². The molecule has 0 aliphatic rings. The third-order valence-electron chi connectivity index (χ3n) is 4.71. The zero-order valence-electron chi connectivity index (χ0n) is 13.7. The van der Waals surface area contributed by atoms with Crippen LogP contribution in [0.1, 0.15) is 30.5 Å². The van der Waals surface area contributed by atoms with Crippen LogP contribution < -0.4 is 5.73 Å². The van der Waals surface area contributed by atoms with Crippen molar-refractivity contribution in [1.29, 1.82) is 0 Å². The summed E-state index contributed by atoms with van der Waals surface area (Å²) in [7, 11) is 0.